The molecule has 10 nitrogen and oxygen atoms in total. The van der Waals surface area contributed by atoms with E-state index < -0.39 is 7.94 Å². The number of fused-ring (bicyclic) bond motifs is 1. The maximum absolute atomic E-state index is 12.6. The van der Waals surface area contributed by atoms with Crippen LogP contribution in [0.3, 0.4) is 0 Å². The van der Waals surface area contributed by atoms with E-state index in [0.29, 0.717) is 40.6 Å². The Morgan fingerprint density at radius 3 is 2.10 bits per heavy atom. The molecule has 2 N–H and O–H groups in total. The molecule has 0 saturated heterocycles. The summed E-state index contributed by atoms with van der Waals surface area (Å²) >= 11 is 0. The fraction of sp³-hybridized carbons (Fsp3) is 0.143. The van der Waals surface area contributed by atoms with Crippen LogP contribution < -0.4 is 14.4 Å². The van der Waals surface area contributed by atoms with Crippen LogP contribution in [-0.2, 0) is 11.3 Å². The lowest BCUT2D eigenvalue weighted by atomic mass is 10.2. The van der Waals surface area contributed by atoms with Gasteiger partial charge in [0.25, 0.3) is 12.3 Å². The van der Waals surface area contributed by atoms with Crippen molar-refractivity contribution < 1.29 is 23.5 Å². The highest BCUT2D eigenvalue weighted by molar-refractivity contribution is 7.61. The molecule has 0 unspecified atom stereocenters. The number of benzene rings is 3. The van der Waals surface area contributed by atoms with Crippen molar-refractivity contribution >= 4 is 30.8 Å². The molecule has 11 heteroatoms. The van der Waals surface area contributed by atoms with E-state index in [0.717, 1.165) is 0 Å². The van der Waals surface area contributed by atoms with Crippen LogP contribution in [0.1, 0.15) is 17.3 Å². The molecule has 0 fully saturated rings. The van der Waals surface area contributed by atoms with Gasteiger partial charge in [-0.2, -0.15) is 4.89 Å². The summed E-state index contributed by atoms with van der Waals surface area (Å²) in [6.45, 7) is 2.23. The van der Waals surface area contributed by atoms with Gasteiger partial charge in [-0.3, -0.25) is 13.8 Å². The van der Waals surface area contributed by atoms with Crippen molar-refractivity contribution in [2.75, 3.05) is 11.7 Å². The number of amides is 1. The average Bonchev–Trinajstić information content (AvgIpc) is 3.37. The number of rotatable bonds is 11. The summed E-state index contributed by atoms with van der Waals surface area (Å²) in [5.74, 6) is 0.974. The third kappa shape index (κ3) is 6.74. The summed E-state index contributed by atoms with van der Waals surface area (Å²) in [7, 11) is -3.48. The molecular weight excluding hydrogens is 517 g/mol. The topological polar surface area (TPSA) is 121 Å². The quantitative estimate of drug-likeness (QED) is 0.214. The van der Waals surface area contributed by atoms with Gasteiger partial charge in [0, 0.05) is 5.56 Å². The number of imidazole rings is 1. The molecule has 5 aromatic rings. The third-order valence-corrected chi connectivity index (χ3v) is 7.10. The molecule has 0 aliphatic carbocycles. The maximum Gasteiger partial charge on any atom is 0.523 e. The number of nitrogens with zero attached hydrogens (tertiary/aromatic N) is 4. The van der Waals surface area contributed by atoms with Crippen molar-refractivity contribution in [2.45, 2.75) is 19.6 Å². The van der Waals surface area contributed by atoms with Gasteiger partial charge in [-0.15, -0.1) is 0 Å². The molecule has 1 amide bonds. The van der Waals surface area contributed by atoms with Gasteiger partial charge < -0.3 is 14.6 Å². The van der Waals surface area contributed by atoms with Crippen LogP contribution in [0.5, 0.6) is 11.5 Å². The Labute approximate surface area is 225 Å². The van der Waals surface area contributed by atoms with E-state index in [-0.39, 0.29) is 18.4 Å². The summed E-state index contributed by atoms with van der Waals surface area (Å²) in [4.78, 5) is 36.9. The second-order valence-corrected chi connectivity index (χ2v) is 10.6. The fourth-order valence-electron chi connectivity index (χ4n) is 3.79. The number of hydrogen-bond acceptors (Lipinski definition) is 8. The first-order chi connectivity index (χ1) is 19.0. The Kier molecular flexibility index (Phi) is 8.07. The number of ether oxygens (including phenoxy) is 1. The lowest BCUT2D eigenvalue weighted by Crippen LogP contribution is -2.21. The standard InChI is InChI=1S/C28H26N5O5P/c1-21(36-20-39(35,37-23-13-7-3-8-14-23)38-24-15-9-4-10-16-24)17-33-19-31-25-26(29-18-30-27(25)33)32-28(34)22-11-5-2-6-12-22/h2-16,18-19,21,35H,17,20H2,1H3/p+1/t21-/m0/s1. The first-order valence-electron chi connectivity index (χ1n) is 12.2. The van der Waals surface area contributed by atoms with Crippen molar-refractivity contribution in [3.8, 4) is 11.5 Å². The van der Waals surface area contributed by atoms with Crippen molar-refractivity contribution in [1.82, 2.24) is 19.5 Å². The molecule has 2 heterocycles. The van der Waals surface area contributed by atoms with Gasteiger partial charge in [0.2, 0.25) is 0 Å². The molecule has 5 rings (SSSR count). The smallest absolute Gasteiger partial charge is 0.333 e. The molecule has 39 heavy (non-hydrogen) atoms. The molecule has 0 spiro atoms. The van der Waals surface area contributed by atoms with E-state index in [2.05, 4.69) is 20.3 Å². The lowest BCUT2D eigenvalue weighted by molar-refractivity contribution is 0.0733. The molecule has 1 atom stereocenters. The average molecular weight is 545 g/mol. The van der Waals surface area contributed by atoms with E-state index in [1.807, 2.05) is 49.4 Å². The van der Waals surface area contributed by atoms with Crippen LogP contribution in [0.15, 0.2) is 104 Å². The largest absolute Gasteiger partial charge is 0.523 e. The SMILES string of the molecule is C[C@@H](Cn1cnc2c(NC(=O)c3ccccc3)ncnc21)OC[P+](O)(Oc1ccccc1)Oc1ccccc1. The molecular formula is C28H27N5O5P+. The summed E-state index contributed by atoms with van der Waals surface area (Å²) in [5, 5.41) is 2.80. The fourth-order valence-corrected chi connectivity index (χ4v) is 5.28. The maximum atomic E-state index is 12.6. The third-order valence-electron chi connectivity index (χ3n) is 5.63. The summed E-state index contributed by atoms with van der Waals surface area (Å²) in [6, 6.07) is 26.8. The second kappa shape index (κ2) is 12.0. The zero-order valence-electron chi connectivity index (χ0n) is 21.1. The zero-order valence-corrected chi connectivity index (χ0v) is 22.0. The van der Waals surface area contributed by atoms with Crippen LogP contribution in [0.4, 0.5) is 5.82 Å². The highest BCUT2D eigenvalue weighted by atomic mass is 31.2. The van der Waals surface area contributed by atoms with Crippen molar-refractivity contribution in [3.05, 3.63) is 109 Å². The molecule has 3 aromatic carbocycles. The summed E-state index contributed by atoms with van der Waals surface area (Å²) in [5.41, 5.74) is 1.50. The number of nitrogens with one attached hydrogen (secondary N) is 1. The summed E-state index contributed by atoms with van der Waals surface area (Å²) < 4.78 is 19.6. The van der Waals surface area contributed by atoms with E-state index in [9.17, 15) is 9.69 Å². The highest BCUT2D eigenvalue weighted by Crippen LogP contribution is 2.56. The predicted octanol–water partition coefficient (Wildman–Crippen LogP) is 5.35. The van der Waals surface area contributed by atoms with Gasteiger partial charge in [-0.25, -0.2) is 15.0 Å². The van der Waals surface area contributed by atoms with Crippen molar-refractivity contribution in [1.29, 1.82) is 0 Å². The van der Waals surface area contributed by atoms with E-state index >= 15 is 0 Å². The Hall–Kier alpha value is -4.37. The minimum atomic E-state index is -3.48. The van der Waals surface area contributed by atoms with E-state index in [4.69, 9.17) is 13.8 Å². The number of carbonyl (C=O) groups excluding carboxylic acids is 1. The molecule has 0 radical (unpaired) electrons. The monoisotopic (exact) mass is 544 g/mol. The van der Waals surface area contributed by atoms with Gasteiger partial charge in [0.1, 0.15) is 6.33 Å². The molecule has 0 saturated carbocycles. The number of para-hydroxylation sites is 2. The Balaban J connectivity index is 1.27. The molecule has 0 aliphatic heterocycles. The molecule has 198 valence electrons. The van der Waals surface area contributed by atoms with Gasteiger partial charge in [0.15, 0.2) is 28.5 Å². The van der Waals surface area contributed by atoms with Gasteiger partial charge in [-0.05, 0) is 43.3 Å². The highest BCUT2D eigenvalue weighted by Gasteiger charge is 2.45. The second-order valence-electron chi connectivity index (χ2n) is 8.66. The van der Waals surface area contributed by atoms with E-state index in [1.54, 1.807) is 59.4 Å². The molecule has 0 aliphatic rings. The minimum Gasteiger partial charge on any atom is -0.333 e. The van der Waals surface area contributed by atoms with Crippen LogP contribution in [0.2, 0.25) is 0 Å². The zero-order chi connectivity index (χ0) is 27.1. The molecule has 2 aromatic heterocycles. The van der Waals surface area contributed by atoms with E-state index in [1.165, 1.54) is 6.33 Å². The first-order valence-corrected chi connectivity index (χ1v) is 14.0. The van der Waals surface area contributed by atoms with Crippen molar-refractivity contribution in [2.24, 2.45) is 0 Å². The number of hydrogen-bond donors (Lipinski definition) is 2. The van der Waals surface area contributed by atoms with Gasteiger partial charge in [0.05, 0.1) is 19.0 Å². The normalized spacial score (nSPS) is 12.2. The molecule has 0 bridgehead atoms. The van der Waals surface area contributed by atoms with Gasteiger partial charge >= 0.3 is 7.94 Å². The Morgan fingerprint density at radius 1 is 0.897 bits per heavy atom. The van der Waals surface area contributed by atoms with Crippen LogP contribution in [0.25, 0.3) is 11.2 Å². The van der Waals surface area contributed by atoms with Crippen molar-refractivity contribution in [3.63, 3.8) is 0 Å². The minimum absolute atomic E-state index is 0.169. The first kappa shape index (κ1) is 26.2. The predicted molar refractivity (Wildman–Crippen MR) is 148 cm³/mol. The number of anilines is 1. The Morgan fingerprint density at radius 2 is 1.49 bits per heavy atom. The Bertz CT molecular complexity index is 1480. The summed E-state index contributed by atoms with van der Waals surface area (Å²) in [6.07, 6.45) is 2.45. The number of carbonyl (C=O) groups is 1. The van der Waals surface area contributed by atoms with Crippen LogP contribution in [0, 0.1) is 0 Å². The van der Waals surface area contributed by atoms with Crippen LogP contribution in [-0.4, -0.2) is 42.8 Å². The lowest BCUT2D eigenvalue weighted by Gasteiger charge is -2.20. The number of aromatic nitrogens is 4. The van der Waals surface area contributed by atoms with Crippen LogP contribution >= 0.6 is 7.94 Å². The van der Waals surface area contributed by atoms with Gasteiger partial charge in [-0.1, -0.05) is 54.6 Å².